The van der Waals surface area contributed by atoms with Crippen LogP contribution in [-0.2, 0) is 4.74 Å². The third-order valence-corrected chi connectivity index (χ3v) is 3.78. The van der Waals surface area contributed by atoms with Crippen molar-refractivity contribution in [3.63, 3.8) is 0 Å². The third kappa shape index (κ3) is 3.60. The summed E-state index contributed by atoms with van der Waals surface area (Å²) in [7, 11) is -1.78. The summed E-state index contributed by atoms with van der Waals surface area (Å²) < 4.78 is 6.65. The molecule has 0 atom stereocenters. The van der Waals surface area contributed by atoms with Gasteiger partial charge in [0, 0.05) is 0 Å². The van der Waals surface area contributed by atoms with E-state index in [1.165, 1.54) is 4.57 Å². The molecule has 3 rings (SSSR count). The molecule has 5 nitrogen and oxygen atoms in total. The van der Waals surface area contributed by atoms with Crippen LogP contribution in [0.2, 0.25) is 0 Å². The van der Waals surface area contributed by atoms with E-state index in [1.54, 1.807) is 26.8 Å². The highest BCUT2D eigenvalue weighted by atomic mass is 16.6. The Labute approximate surface area is 146 Å². The van der Waals surface area contributed by atoms with E-state index in [0.717, 1.165) is 16.5 Å². The lowest BCUT2D eigenvalue weighted by Gasteiger charge is -2.21. The van der Waals surface area contributed by atoms with E-state index in [9.17, 15) is 14.8 Å². The SMILES string of the molecule is CC(C)(C)OC(=O)n1c(B(O)O)cc2ccc(-c3ccccc3)cc21. The monoisotopic (exact) mass is 337 g/mol. The summed E-state index contributed by atoms with van der Waals surface area (Å²) in [5.41, 5.74) is 1.89. The highest BCUT2D eigenvalue weighted by Crippen LogP contribution is 2.25. The van der Waals surface area contributed by atoms with E-state index in [1.807, 2.05) is 48.5 Å². The van der Waals surface area contributed by atoms with Gasteiger partial charge in [0.25, 0.3) is 0 Å². The first-order valence-corrected chi connectivity index (χ1v) is 8.06. The van der Waals surface area contributed by atoms with E-state index in [2.05, 4.69) is 0 Å². The van der Waals surface area contributed by atoms with Gasteiger partial charge in [-0.25, -0.2) is 4.79 Å². The molecule has 1 heterocycles. The number of carbonyl (C=O) groups is 1. The molecule has 0 aliphatic heterocycles. The molecule has 0 aliphatic rings. The summed E-state index contributed by atoms with van der Waals surface area (Å²) in [6, 6.07) is 17.0. The lowest BCUT2D eigenvalue weighted by molar-refractivity contribution is 0.0548. The van der Waals surface area contributed by atoms with Crippen LogP contribution in [0.5, 0.6) is 0 Å². The molecule has 3 aromatic rings. The molecule has 0 radical (unpaired) electrons. The highest BCUT2D eigenvalue weighted by Gasteiger charge is 2.27. The van der Waals surface area contributed by atoms with Crippen molar-refractivity contribution in [2.24, 2.45) is 0 Å². The van der Waals surface area contributed by atoms with Gasteiger partial charge in [-0.2, -0.15) is 0 Å². The van der Waals surface area contributed by atoms with Crippen molar-refractivity contribution in [2.45, 2.75) is 26.4 Å². The van der Waals surface area contributed by atoms with Gasteiger partial charge in [0.2, 0.25) is 0 Å². The van der Waals surface area contributed by atoms with Gasteiger partial charge in [0.15, 0.2) is 0 Å². The van der Waals surface area contributed by atoms with Crippen molar-refractivity contribution in [3.05, 3.63) is 54.6 Å². The smallest absolute Gasteiger partial charge is 0.443 e. The van der Waals surface area contributed by atoms with Crippen LogP contribution in [0.25, 0.3) is 22.0 Å². The molecule has 2 N–H and O–H groups in total. The minimum atomic E-state index is -1.78. The van der Waals surface area contributed by atoms with Crippen molar-refractivity contribution in [1.82, 2.24) is 4.57 Å². The average molecular weight is 337 g/mol. The number of benzene rings is 2. The van der Waals surface area contributed by atoms with Crippen molar-refractivity contribution >= 4 is 29.7 Å². The Morgan fingerprint density at radius 3 is 2.28 bits per heavy atom. The number of rotatable bonds is 2. The van der Waals surface area contributed by atoms with Crippen LogP contribution in [0.3, 0.4) is 0 Å². The van der Waals surface area contributed by atoms with Gasteiger partial charge in [-0.3, -0.25) is 4.57 Å². The molecule has 0 amide bonds. The third-order valence-electron chi connectivity index (χ3n) is 3.78. The fourth-order valence-corrected chi connectivity index (χ4v) is 2.73. The first-order valence-electron chi connectivity index (χ1n) is 8.06. The zero-order valence-corrected chi connectivity index (χ0v) is 14.4. The largest absolute Gasteiger partial charge is 0.506 e. The maximum atomic E-state index is 12.6. The number of ether oxygens (including phenoxy) is 1. The molecule has 128 valence electrons. The molecule has 0 bridgehead atoms. The molecule has 25 heavy (non-hydrogen) atoms. The Bertz CT molecular complexity index is 910. The van der Waals surface area contributed by atoms with Gasteiger partial charge in [-0.15, -0.1) is 0 Å². The quantitative estimate of drug-likeness (QED) is 0.706. The van der Waals surface area contributed by atoms with Crippen LogP contribution >= 0.6 is 0 Å². The molecule has 6 heteroatoms. The van der Waals surface area contributed by atoms with E-state index >= 15 is 0 Å². The number of carbonyl (C=O) groups excluding carboxylic acids is 1. The Morgan fingerprint density at radius 1 is 1.00 bits per heavy atom. The number of fused-ring (bicyclic) bond motifs is 1. The zero-order chi connectivity index (χ0) is 18.2. The first kappa shape index (κ1) is 17.3. The van der Waals surface area contributed by atoms with Crippen LogP contribution in [0, 0.1) is 0 Å². The van der Waals surface area contributed by atoms with Crippen LogP contribution in [-0.4, -0.2) is 33.4 Å². The van der Waals surface area contributed by atoms with Crippen molar-refractivity contribution in [3.8, 4) is 11.1 Å². The van der Waals surface area contributed by atoms with E-state index < -0.39 is 18.8 Å². The molecule has 0 aliphatic carbocycles. The molecule has 0 unspecified atom stereocenters. The van der Waals surface area contributed by atoms with Gasteiger partial charge < -0.3 is 14.8 Å². The number of hydrogen-bond donors (Lipinski definition) is 2. The van der Waals surface area contributed by atoms with Crippen LogP contribution < -0.4 is 5.59 Å². The minimum absolute atomic E-state index is 0.0782. The van der Waals surface area contributed by atoms with Gasteiger partial charge in [0.1, 0.15) is 5.60 Å². The average Bonchev–Trinajstić information content (AvgIpc) is 2.93. The summed E-state index contributed by atoms with van der Waals surface area (Å²) >= 11 is 0. The van der Waals surface area contributed by atoms with Crippen molar-refractivity contribution in [2.75, 3.05) is 0 Å². The van der Waals surface area contributed by atoms with Gasteiger partial charge >= 0.3 is 13.2 Å². The zero-order valence-electron chi connectivity index (χ0n) is 14.4. The van der Waals surface area contributed by atoms with E-state index in [-0.39, 0.29) is 5.59 Å². The molecule has 0 saturated heterocycles. The number of aromatic nitrogens is 1. The lowest BCUT2D eigenvalue weighted by atomic mass is 9.86. The first-order chi connectivity index (χ1) is 11.8. The number of nitrogens with zero attached hydrogens (tertiary/aromatic N) is 1. The predicted octanol–water partition coefficient (Wildman–Crippen LogP) is 2.77. The Kier molecular flexibility index (Phi) is 4.41. The maximum Gasteiger partial charge on any atom is 0.506 e. The fourth-order valence-electron chi connectivity index (χ4n) is 2.73. The minimum Gasteiger partial charge on any atom is -0.443 e. The van der Waals surface area contributed by atoms with Crippen LogP contribution in [0.1, 0.15) is 20.8 Å². The molecule has 0 spiro atoms. The van der Waals surface area contributed by atoms with Crippen LogP contribution in [0.15, 0.2) is 54.6 Å². The van der Waals surface area contributed by atoms with Gasteiger partial charge in [-0.05, 0) is 49.4 Å². The summed E-state index contributed by atoms with van der Waals surface area (Å²) in [5, 5.41) is 20.1. The summed E-state index contributed by atoms with van der Waals surface area (Å²) in [6.45, 7) is 5.29. The Hall–Kier alpha value is -2.57. The highest BCUT2D eigenvalue weighted by molar-refractivity contribution is 6.59. The van der Waals surface area contributed by atoms with Crippen LogP contribution in [0.4, 0.5) is 4.79 Å². The summed E-state index contributed by atoms with van der Waals surface area (Å²) in [4.78, 5) is 12.6. The Balaban J connectivity index is 2.18. The second-order valence-electron chi connectivity index (χ2n) is 6.90. The normalized spacial score (nSPS) is 11.6. The van der Waals surface area contributed by atoms with Crippen molar-refractivity contribution in [1.29, 1.82) is 0 Å². The van der Waals surface area contributed by atoms with Gasteiger partial charge in [0.05, 0.1) is 11.1 Å². The summed E-state index contributed by atoms with van der Waals surface area (Å²) in [6.07, 6.45) is -0.643. The summed E-state index contributed by atoms with van der Waals surface area (Å²) in [5.74, 6) is 0. The Morgan fingerprint density at radius 2 is 1.68 bits per heavy atom. The molecular weight excluding hydrogens is 317 g/mol. The second-order valence-corrected chi connectivity index (χ2v) is 6.90. The fraction of sp³-hybridized carbons (Fsp3) is 0.211. The topological polar surface area (TPSA) is 71.7 Å². The molecule has 0 fully saturated rings. The van der Waals surface area contributed by atoms with E-state index in [4.69, 9.17) is 4.74 Å². The number of hydrogen-bond acceptors (Lipinski definition) is 4. The molecular formula is C19H20BNO4. The predicted molar refractivity (Wildman–Crippen MR) is 98.8 cm³/mol. The maximum absolute atomic E-state index is 12.6. The van der Waals surface area contributed by atoms with Gasteiger partial charge in [-0.1, -0.05) is 42.5 Å². The molecule has 2 aromatic carbocycles. The van der Waals surface area contributed by atoms with E-state index in [0.29, 0.717) is 5.52 Å². The standard InChI is InChI=1S/C19H20BNO4/c1-19(2,3)25-18(22)21-16-11-14(13-7-5-4-6-8-13)9-10-15(16)12-17(21)20(23)24/h4-12,23-24H,1-3H3. The molecule has 1 aromatic heterocycles. The molecule has 0 saturated carbocycles. The lowest BCUT2D eigenvalue weighted by Crippen LogP contribution is -2.41. The van der Waals surface area contributed by atoms with Crippen molar-refractivity contribution < 1.29 is 19.6 Å². The second kappa shape index (κ2) is 6.39.